The quantitative estimate of drug-likeness (QED) is 0.706. The molecule has 0 aliphatic rings. The van der Waals surface area contributed by atoms with Gasteiger partial charge in [-0.3, -0.25) is 15.6 Å². The van der Waals surface area contributed by atoms with E-state index < -0.39 is 0 Å². The Bertz CT molecular complexity index is 624. The van der Waals surface area contributed by atoms with Crippen LogP contribution in [0.1, 0.15) is 10.4 Å². The molecule has 0 aromatic heterocycles. The molecule has 0 saturated heterocycles. The van der Waals surface area contributed by atoms with Crippen LogP contribution in [0.25, 0.3) is 0 Å². The van der Waals surface area contributed by atoms with E-state index in [1.54, 1.807) is 24.3 Å². The predicted octanol–water partition coefficient (Wildman–Crippen LogP) is 5.17. The van der Waals surface area contributed by atoms with Gasteiger partial charge in [-0.25, -0.2) is 0 Å². The summed E-state index contributed by atoms with van der Waals surface area (Å²) in [6.07, 6.45) is 0. The lowest BCUT2D eigenvalue weighted by molar-refractivity contribution is 0.0962. The normalized spacial score (nSPS) is 10.2. The van der Waals surface area contributed by atoms with Crippen molar-refractivity contribution in [3.05, 3.63) is 61.5 Å². The van der Waals surface area contributed by atoms with E-state index in [0.717, 1.165) is 4.47 Å². The fourth-order valence-electron chi connectivity index (χ4n) is 1.45. The Morgan fingerprint density at radius 2 is 1.55 bits per heavy atom. The van der Waals surface area contributed by atoms with Gasteiger partial charge in [0.2, 0.25) is 0 Å². The number of carbonyl (C=O) groups is 1. The summed E-state index contributed by atoms with van der Waals surface area (Å²) < 4.78 is 0.894. The average molecular weight is 394 g/mol. The fourth-order valence-corrected chi connectivity index (χ4v) is 2.63. The first-order valence-electron chi connectivity index (χ1n) is 5.44. The molecule has 2 aromatic carbocycles. The topological polar surface area (TPSA) is 41.1 Å². The van der Waals surface area contributed by atoms with Crippen LogP contribution in [0.4, 0.5) is 5.69 Å². The molecule has 20 heavy (non-hydrogen) atoms. The molecule has 0 bridgehead atoms. The van der Waals surface area contributed by atoms with Crippen molar-refractivity contribution < 1.29 is 4.79 Å². The zero-order chi connectivity index (χ0) is 14.7. The highest BCUT2D eigenvalue weighted by Gasteiger charge is 2.10. The fraction of sp³-hybridized carbons (Fsp3) is 0. The first-order valence-corrected chi connectivity index (χ1v) is 7.36. The van der Waals surface area contributed by atoms with E-state index in [-0.39, 0.29) is 5.91 Å². The lowest BCUT2D eigenvalue weighted by atomic mass is 10.2. The third-order valence-electron chi connectivity index (χ3n) is 2.41. The summed E-state index contributed by atoms with van der Waals surface area (Å²) in [5, 5.41) is 1.06. The van der Waals surface area contributed by atoms with Crippen LogP contribution < -0.4 is 10.9 Å². The van der Waals surface area contributed by atoms with E-state index in [9.17, 15) is 4.79 Å². The highest BCUT2D eigenvalue weighted by Crippen LogP contribution is 2.33. The minimum atomic E-state index is -0.306. The molecule has 2 N–H and O–H groups in total. The first-order chi connectivity index (χ1) is 9.47. The molecule has 2 aromatic rings. The maximum atomic E-state index is 11.9. The molecule has 0 atom stereocenters. The summed E-state index contributed by atoms with van der Waals surface area (Å²) in [4.78, 5) is 11.9. The van der Waals surface area contributed by atoms with E-state index in [1.165, 1.54) is 12.1 Å². The number of anilines is 1. The van der Waals surface area contributed by atoms with Crippen molar-refractivity contribution in [3.8, 4) is 0 Å². The van der Waals surface area contributed by atoms with Crippen molar-refractivity contribution in [2.75, 3.05) is 5.43 Å². The number of hydrazine groups is 1. The van der Waals surface area contributed by atoms with Gasteiger partial charge in [0.15, 0.2) is 0 Å². The number of halogens is 4. The summed E-state index contributed by atoms with van der Waals surface area (Å²) in [5.41, 5.74) is 6.10. The number of amides is 1. The molecule has 0 unspecified atom stereocenters. The Morgan fingerprint density at radius 3 is 2.10 bits per heavy atom. The van der Waals surface area contributed by atoms with Crippen molar-refractivity contribution in [3.63, 3.8) is 0 Å². The van der Waals surface area contributed by atoms with Crippen LogP contribution in [0.2, 0.25) is 15.1 Å². The van der Waals surface area contributed by atoms with Crippen LogP contribution in [0.3, 0.4) is 0 Å². The largest absolute Gasteiger partial charge is 0.295 e. The molecular formula is C13H8BrCl3N2O. The molecule has 104 valence electrons. The third-order valence-corrected chi connectivity index (χ3v) is 3.76. The second-order valence-corrected chi connectivity index (χ2v) is 6.00. The minimum Gasteiger partial charge on any atom is -0.295 e. The summed E-state index contributed by atoms with van der Waals surface area (Å²) in [6.45, 7) is 0. The molecule has 3 nitrogen and oxygen atoms in total. The number of hydrogen-bond donors (Lipinski definition) is 2. The second kappa shape index (κ2) is 6.68. The van der Waals surface area contributed by atoms with Gasteiger partial charge in [-0.05, 0) is 36.4 Å². The van der Waals surface area contributed by atoms with Gasteiger partial charge in [0, 0.05) is 15.1 Å². The summed E-state index contributed by atoms with van der Waals surface area (Å²) >= 11 is 21.1. The third kappa shape index (κ3) is 3.79. The number of rotatable bonds is 3. The second-order valence-electron chi connectivity index (χ2n) is 3.83. The minimum absolute atomic E-state index is 0.306. The molecule has 7 heteroatoms. The van der Waals surface area contributed by atoms with Gasteiger partial charge in [0.25, 0.3) is 5.91 Å². The van der Waals surface area contributed by atoms with Gasteiger partial charge in [0.05, 0.1) is 15.7 Å². The molecule has 0 heterocycles. The maximum absolute atomic E-state index is 11.9. The molecule has 0 fully saturated rings. The van der Waals surface area contributed by atoms with Crippen LogP contribution >= 0.6 is 50.7 Å². The van der Waals surface area contributed by atoms with Crippen LogP contribution in [-0.2, 0) is 0 Å². The molecule has 1 amide bonds. The van der Waals surface area contributed by atoms with Gasteiger partial charge >= 0.3 is 0 Å². The van der Waals surface area contributed by atoms with Crippen molar-refractivity contribution in [2.24, 2.45) is 0 Å². The van der Waals surface area contributed by atoms with Gasteiger partial charge < -0.3 is 0 Å². The maximum Gasteiger partial charge on any atom is 0.269 e. The number of hydrogen-bond acceptors (Lipinski definition) is 2. The average Bonchev–Trinajstić information content (AvgIpc) is 2.38. The van der Waals surface area contributed by atoms with Gasteiger partial charge in [-0.1, -0.05) is 50.7 Å². The molecule has 0 spiro atoms. The molecular weight excluding hydrogens is 386 g/mol. The first kappa shape index (κ1) is 15.4. The standard InChI is InChI=1S/C13H8BrCl3N2O/c14-8-3-1-7(2-4-8)13(20)19-18-12-10(16)5-9(15)6-11(12)17/h1-6,18H,(H,19,20). The zero-order valence-corrected chi connectivity index (χ0v) is 13.7. The highest BCUT2D eigenvalue weighted by atomic mass is 79.9. The van der Waals surface area contributed by atoms with Gasteiger partial charge in [-0.2, -0.15) is 0 Å². The van der Waals surface area contributed by atoms with Crippen molar-refractivity contribution in [1.82, 2.24) is 5.43 Å². The van der Waals surface area contributed by atoms with E-state index in [1.807, 2.05) is 0 Å². The van der Waals surface area contributed by atoms with Gasteiger partial charge in [0.1, 0.15) is 0 Å². The van der Waals surface area contributed by atoms with Gasteiger partial charge in [-0.15, -0.1) is 0 Å². The van der Waals surface area contributed by atoms with Crippen LogP contribution in [0.15, 0.2) is 40.9 Å². The van der Waals surface area contributed by atoms with Crippen LogP contribution in [0, 0.1) is 0 Å². The monoisotopic (exact) mass is 392 g/mol. The number of carbonyl (C=O) groups excluding carboxylic acids is 1. The molecule has 0 aliphatic carbocycles. The Morgan fingerprint density at radius 1 is 1.00 bits per heavy atom. The predicted molar refractivity (Wildman–Crippen MR) is 86.7 cm³/mol. The Kier molecular flexibility index (Phi) is 5.16. The molecule has 0 aliphatic heterocycles. The lowest BCUT2D eigenvalue weighted by Crippen LogP contribution is -2.29. The van der Waals surface area contributed by atoms with Crippen molar-refractivity contribution in [1.29, 1.82) is 0 Å². The van der Waals surface area contributed by atoms with E-state index in [4.69, 9.17) is 34.8 Å². The molecule has 0 saturated carbocycles. The Balaban J connectivity index is 2.09. The van der Waals surface area contributed by atoms with E-state index in [2.05, 4.69) is 26.8 Å². The highest BCUT2D eigenvalue weighted by molar-refractivity contribution is 9.10. The summed E-state index contributed by atoms with van der Waals surface area (Å²) in [5.74, 6) is -0.306. The van der Waals surface area contributed by atoms with Crippen LogP contribution in [0.5, 0.6) is 0 Å². The molecule has 2 rings (SSSR count). The van der Waals surface area contributed by atoms with E-state index in [0.29, 0.717) is 26.3 Å². The Hall–Kier alpha value is -0.940. The number of benzene rings is 2. The Labute approximate surface area is 139 Å². The lowest BCUT2D eigenvalue weighted by Gasteiger charge is -2.12. The smallest absolute Gasteiger partial charge is 0.269 e. The van der Waals surface area contributed by atoms with E-state index >= 15 is 0 Å². The summed E-state index contributed by atoms with van der Waals surface area (Å²) in [6, 6.07) is 9.99. The number of nitrogens with one attached hydrogen (secondary N) is 2. The summed E-state index contributed by atoms with van der Waals surface area (Å²) in [7, 11) is 0. The van der Waals surface area contributed by atoms with Crippen LogP contribution in [-0.4, -0.2) is 5.91 Å². The molecule has 0 radical (unpaired) electrons. The van der Waals surface area contributed by atoms with Crippen molar-refractivity contribution in [2.45, 2.75) is 0 Å². The zero-order valence-electron chi connectivity index (χ0n) is 9.88. The SMILES string of the molecule is O=C(NNc1c(Cl)cc(Cl)cc1Cl)c1ccc(Br)cc1. The van der Waals surface area contributed by atoms with Crippen molar-refractivity contribution >= 4 is 62.3 Å².